The molecular formula is C23H18BrN3O2S. The first kappa shape index (κ1) is 20.4. The van der Waals surface area contributed by atoms with Gasteiger partial charge in [0, 0.05) is 27.1 Å². The van der Waals surface area contributed by atoms with E-state index in [9.17, 15) is 9.59 Å². The zero-order valence-electron chi connectivity index (χ0n) is 16.3. The molecule has 0 bridgehead atoms. The van der Waals surface area contributed by atoms with Crippen molar-refractivity contribution in [1.82, 2.24) is 9.88 Å². The Hall–Kier alpha value is -2.90. The molecule has 4 rings (SSSR count). The van der Waals surface area contributed by atoms with Crippen LogP contribution in [0.2, 0.25) is 0 Å². The summed E-state index contributed by atoms with van der Waals surface area (Å²) in [6, 6.07) is 18.9. The lowest BCUT2D eigenvalue weighted by molar-refractivity contribution is -0.115. The molecule has 0 spiro atoms. The van der Waals surface area contributed by atoms with E-state index in [0.717, 1.165) is 27.1 Å². The van der Waals surface area contributed by atoms with Gasteiger partial charge in [-0.25, -0.2) is 0 Å². The highest BCUT2D eigenvalue weighted by Gasteiger charge is 2.25. The van der Waals surface area contributed by atoms with Gasteiger partial charge in [0.05, 0.1) is 4.91 Å². The number of aliphatic imine (C=N–C) groups is 1. The van der Waals surface area contributed by atoms with E-state index in [1.807, 2.05) is 56.3 Å². The molecule has 30 heavy (non-hydrogen) atoms. The van der Waals surface area contributed by atoms with Crippen molar-refractivity contribution in [3.8, 4) is 5.69 Å². The van der Waals surface area contributed by atoms with Gasteiger partial charge in [0.1, 0.15) is 0 Å². The average Bonchev–Trinajstić information content (AvgIpc) is 3.21. The second-order valence-corrected chi connectivity index (χ2v) is 8.74. The van der Waals surface area contributed by atoms with Gasteiger partial charge in [0.25, 0.3) is 11.8 Å². The molecule has 0 radical (unpaired) electrons. The summed E-state index contributed by atoms with van der Waals surface area (Å²) in [4.78, 5) is 29.2. The number of carbonyl (C=O) groups excluding carboxylic acids is 2. The number of hydrogen-bond donors (Lipinski definition) is 1. The largest absolute Gasteiger partial charge is 0.318 e. The van der Waals surface area contributed by atoms with Crippen molar-refractivity contribution in [1.29, 1.82) is 0 Å². The van der Waals surface area contributed by atoms with Crippen molar-refractivity contribution in [3.63, 3.8) is 0 Å². The Labute approximate surface area is 187 Å². The van der Waals surface area contributed by atoms with E-state index in [4.69, 9.17) is 0 Å². The maximum Gasteiger partial charge on any atom is 0.279 e. The molecule has 1 fully saturated rings. The first-order chi connectivity index (χ1) is 14.4. The molecule has 2 amide bonds. The smallest absolute Gasteiger partial charge is 0.279 e. The van der Waals surface area contributed by atoms with Crippen molar-refractivity contribution in [3.05, 3.63) is 92.6 Å². The van der Waals surface area contributed by atoms with Crippen LogP contribution in [0.5, 0.6) is 0 Å². The van der Waals surface area contributed by atoms with E-state index < -0.39 is 0 Å². The van der Waals surface area contributed by atoms with E-state index >= 15 is 0 Å². The van der Waals surface area contributed by atoms with E-state index in [0.29, 0.717) is 15.6 Å². The number of nitrogens with one attached hydrogen (secondary N) is 1. The number of thioether (sulfide) groups is 1. The summed E-state index contributed by atoms with van der Waals surface area (Å²) in [5, 5.41) is 2.97. The Morgan fingerprint density at radius 2 is 1.80 bits per heavy atom. The lowest BCUT2D eigenvalue weighted by Crippen LogP contribution is -2.20. The highest BCUT2D eigenvalue weighted by molar-refractivity contribution is 9.10. The molecule has 5 nitrogen and oxygen atoms in total. The molecule has 150 valence electrons. The molecule has 0 saturated carbocycles. The third kappa shape index (κ3) is 4.17. The molecule has 0 unspecified atom stereocenters. The average molecular weight is 480 g/mol. The van der Waals surface area contributed by atoms with Crippen LogP contribution in [0.1, 0.15) is 27.3 Å². The van der Waals surface area contributed by atoms with Gasteiger partial charge in [-0.3, -0.25) is 9.59 Å². The molecule has 3 aromatic rings. The summed E-state index contributed by atoms with van der Waals surface area (Å²) in [6.45, 7) is 4.05. The SMILES string of the molecule is Cc1cc(/C=C2\SC(=NC(=O)c3ccccc3)NC2=O)c(C)n1-c1ccc(Br)cc1. The lowest BCUT2D eigenvalue weighted by Gasteiger charge is -2.09. The standard InChI is InChI=1S/C23H18BrN3O2S/c1-14-12-17(15(2)27(14)19-10-8-18(24)9-11-19)13-20-22(29)26-23(30-20)25-21(28)16-6-4-3-5-7-16/h3-13H,1-2H3,(H,25,26,28,29)/b20-13-. The molecule has 1 aliphatic heterocycles. The van der Waals surface area contributed by atoms with Gasteiger partial charge in [-0.1, -0.05) is 34.1 Å². The van der Waals surface area contributed by atoms with Crippen LogP contribution in [0.25, 0.3) is 11.8 Å². The van der Waals surface area contributed by atoms with Gasteiger partial charge in [0.15, 0.2) is 5.17 Å². The maximum atomic E-state index is 12.4. The van der Waals surface area contributed by atoms with Crippen LogP contribution in [0.3, 0.4) is 0 Å². The van der Waals surface area contributed by atoms with Gasteiger partial charge in [-0.2, -0.15) is 4.99 Å². The summed E-state index contributed by atoms with van der Waals surface area (Å²) in [5.41, 5.74) is 4.58. The minimum atomic E-state index is -0.381. The molecule has 0 aliphatic carbocycles. The maximum absolute atomic E-state index is 12.4. The minimum Gasteiger partial charge on any atom is -0.318 e. The van der Waals surface area contributed by atoms with Crippen LogP contribution in [0.15, 0.2) is 75.0 Å². The molecule has 0 atom stereocenters. The van der Waals surface area contributed by atoms with E-state index in [-0.39, 0.29) is 11.8 Å². The Bertz CT molecular complexity index is 1200. The van der Waals surface area contributed by atoms with E-state index in [2.05, 4.69) is 30.8 Å². The highest BCUT2D eigenvalue weighted by Crippen LogP contribution is 2.29. The molecular weight excluding hydrogens is 462 g/mol. The van der Waals surface area contributed by atoms with Crippen molar-refractivity contribution in [2.45, 2.75) is 13.8 Å². The summed E-state index contributed by atoms with van der Waals surface area (Å²) in [6.07, 6.45) is 1.84. The van der Waals surface area contributed by atoms with Crippen LogP contribution < -0.4 is 5.32 Å². The van der Waals surface area contributed by atoms with Gasteiger partial charge in [0.2, 0.25) is 0 Å². The monoisotopic (exact) mass is 479 g/mol. The van der Waals surface area contributed by atoms with Crippen molar-refractivity contribution < 1.29 is 9.59 Å². The van der Waals surface area contributed by atoms with Crippen LogP contribution in [0, 0.1) is 13.8 Å². The Morgan fingerprint density at radius 1 is 1.10 bits per heavy atom. The van der Waals surface area contributed by atoms with Crippen molar-refractivity contribution >= 4 is 50.7 Å². The fourth-order valence-corrected chi connectivity index (χ4v) is 4.36. The van der Waals surface area contributed by atoms with E-state index in [1.54, 1.807) is 24.3 Å². The number of aromatic nitrogens is 1. The topological polar surface area (TPSA) is 63.5 Å². The molecule has 2 aromatic carbocycles. The number of hydrogen-bond acceptors (Lipinski definition) is 3. The number of carbonyl (C=O) groups is 2. The Kier molecular flexibility index (Phi) is 5.74. The first-order valence-electron chi connectivity index (χ1n) is 9.26. The highest BCUT2D eigenvalue weighted by atomic mass is 79.9. The first-order valence-corrected chi connectivity index (χ1v) is 10.9. The Balaban J connectivity index is 1.60. The third-order valence-corrected chi connectivity index (χ3v) is 6.15. The van der Waals surface area contributed by atoms with Crippen molar-refractivity contribution in [2.75, 3.05) is 0 Å². The summed E-state index contributed by atoms with van der Waals surface area (Å²) in [7, 11) is 0. The third-order valence-electron chi connectivity index (χ3n) is 4.72. The fraction of sp³-hybridized carbons (Fsp3) is 0.0870. The number of rotatable bonds is 3. The molecule has 1 aliphatic rings. The van der Waals surface area contributed by atoms with Crippen LogP contribution in [0.4, 0.5) is 0 Å². The fourth-order valence-electron chi connectivity index (χ4n) is 3.28. The number of halogens is 1. The number of amidine groups is 1. The van der Waals surface area contributed by atoms with E-state index in [1.165, 1.54) is 11.8 Å². The van der Waals surface area contributed by atoms with Crippen LogP contribution in [-0.2, 0) is 4.79 Å². The molecule has 2 heterocycles. The summed E-state index contributed by atoms with van der Waals surface area (Å²) < 4.78 is 3.16. The second-order valence-electron chi connectivity index (χ2n) is 6.79. The predicted molar refractivity (Wildman–Crippen MR) is 125 cm³/mol. The normalized spacial score (nSPS) is 16.3. The minimum absolute atomic E-state index is 0.256. The van der Waals surface area contributed by atoms with Crippen LogP contribution >= 0.6 is 27.7 Å². The lowest BCUT2D eigenvalue weighted by atomic mass is 10.2. The number of amides is 2. The number of benzene rings is 2. The summed E-state index contributed by atoms with van der Waals surface area (Å²) in [5.74, 6) is -0.638. The van der Waals surface area contributed by atoms with Crippen molar-refractivity contribution in [2.24, 2.45) is 4.99 Å². The molecule has 1 saturated heterocycles. The van der Waals surface area contributed by atoms with Crippen LogP contribution in [-0.4, -0.2) is 21.5 Å². The summed E-state index contributed by atoms with van der Waals surface area (Å²) >= 11 is 4.63. The predicted octanol–water partition coefficient (Wildman–Crippen LogP) is 5.26. The second kappa shape index (κ2) is 8.45. The van der Waals surface area contributed by atoms with Gasteiger partial charge in [-0.15, -0.1) is 0 Å². The molecule has 1 aromatic heterocycles. The molecule has 7 heteroatoms. The Morgan fingerprint density at radius 3 is 2.50 bits per heavy atom. The zero-order chi connectivity index (χ0) is 21.3. The quantitative estimate of drug-likeness (QED) is 0.521. The van der Waals surface area contributed by atoms with Gasteiger partial charge >= 0.3 is 0 Å². The zero-order valence-corrected chi connectivity index (χ0v) is 18.8. The van der Waals surface area contributed by atoms with Gasteiger partial charge in [-0.05, 0) is 79.7 Å². The number of aryl methyl sites for hydroxylation is 1. The van der Waals surface area contributed by atoms with Gasteiger partial charge < -0.3 is 9.88 Å². The number of nitrogens with zero attached hydrogens (tertiary/aromatic N) is 2. The molecule has 1 N–H and O–H groups in total.